The van der Waals surface area contributed by atoms with E-state index >= 15 is 0 Å². The van der Waals surface area contributed by atoms with Crippen molar-refractivity contribution in [1.29, 1.82) is 0 Å². The van der Waals surface area contributed by atoms with Crippen molar-refractivity contribution in [2.45, 2.75) is 32.1 Å². The van der Waals surface area contributed by atoms with Crippen LogP contribution in [0.3, 0.4) is 0 Å². The quantitative estimate of drug-likeness (QED) is 0.565. The first-order chi connectivity index (χ1) is 14.1. The van der Waals surface area contributed by atoms with Gasteiger partial charge in [-0.15, -0.1) is 0 Å². The number of aromatic nitrogens is 4. The molecular formula is C22H21N5O2. The maximum absolute atomic E-state index is 12.6. The molecule has 1 atom stereocenters. The predicted molar refractivity (Wildman–Crippen MR) is 110 cm³/mol. The number of para-hydroxylation sites is 1. The zero-order valence-corrected chi connectivity index (χ0v) is 16.3. The summed E-state index contributed by atoms with van der Waals surface area (Å²) >= 11 is 0. The first-order valence-corrected chi connectivity index (χ1v) is 9.77. The number of hydrogen-bond donors (Lipinski definition) is 1. The molecule has 0 bridgehead atoms. The average Bonchev–Trinajstić information content (AvgIpc) is 3.45. The first kappa shape index (κ1) is 17.6. The van der Waals surface area contributed by atoms with Crippen LogP contribution in [0.25, 0.3) is 22.5 Å². The Labute approximate surface area is 167 Å². The highest BCUT2D eigenvalue weighted by atomic mass is 16.5. The summed E-state index contributed by atoms with van der Waals surface area (Å²) in [7, 11) is 0. The van der Waals surface area contributed by atoms with Crippen molar-refractivity contribution in [2.24, 2.45) is 0 Å². The van der Waals surface area contributed by atoms with Crippen LogP contribution in [0.1, 0.15) is 43.5 Å². The largest absolute Gasteiger partial charge is 0.332 e. The molecule has 1 saturated heterocycles. The van der Waals surface area contributed by atoms with E-state index in [4.69, 9.17) is 4.52 Å². The van der Waals surface area contributed by atoms with Crippen LogP contribution in [0.2, 0.25) is 0 Å². The molecule has 1 N–H and O–H groups in total. The number of nitrogens with one attached hydrogen (secondary N) is 1. The molecule has 0 radical (unpaired) electrons. The van der Waals surface area contributed by atoms with Crippen LogP contribution in [0.4, 0.5) is 5.69 Å². The zero-order chi connectivity index (χ0) is 20.0. The highest BCUT2D eigenvalue weighted by Crippen LogP contribution is 2.33. The minimum absolute atomic E-state index is 0.0730. The number of H-pyrrole nitrogens is 1. The van der Waals surface area contributed by atoms with Crippen molar-refractivity contribution in [1.82, 2.24) is 20.3 Å². The van der Waals surface area contributed by atoms with Crippen molar-refractivity contribution in [2.75, 3.05) is 11.4 Å². The number of aromatic amines is 1. The maximum atomic E-state index is 12.6. The van der Waals surface area contributed by atoms with Gasteiger partial charge in [0, 0.05) is 30.0 Å². The van der Waals surface area contributed by atoms with Crippen LogP contribution >= 0.6 is 0 Å². The van der Waals surface area contributed by atoms with E-state index in [-0.39, 0.29) is 11.8 Å². The second-order valence-corrected chi connectivity index (χ2v) is 7.73. The monoisotopic (exact) mass is 387 g/mol. The molecule has 4 aromatic rings. The number of amides is 1. The van der Waals surface area contributed by atoms with E-state index in [1.807, 2.05) is 36.4 Å². The fraction of sp³-hybridized carbons (Fsp3) is 0.273. The molecule has 2 aromatic heterocycles. The summed E-state index contributed by atoms with van der Waals surface area (Å²) in [5, 5.41) is 12.3. The number of anilines is 1. The lowest BCUT2D eigenvalue weighted by Crippen LogP contribution is -2.24. The van der Waals surface area contributed by atoms with Crippen molar-refractivity contribution >= 4 is 22.5 Å². The van der Waals surface area contributed by atoms with Gasteiger partial charge in [-0.05, 0) is 29.7 Å². The molecule has 146 valence electrons. The summed E-state index contributed by atoms with van der Waals surface area (Å²) < 4.78 is 5.47. The lowest BCUT2D eigenvalue weighted by molar-refractivity contribution is -0.117. The minimum atomic E-state index is -0.102. The number of fused-ring (bicyclic) bond motifs is 1. The fourth-order valence-corrected chi connectivity index (χ4v) is 3.79. The Hall–Kier alpha value is -3.48. The van der Waals surface area contributed by atoms with Crippen LogP contribution < -0.4 is 4.90 Å². The summed E-state index contributed by atoms with van der Waals surface area (Å²) in [4.78, 5) is 19.0. The van der Waals surface area contributed by atoms with Crippen molar-refractivity contribution in [3.63, 3.8) is 0 Å². The lowest BCUT2D eigenvalue weighted by Gasteiger charge is -2.17. The molecule has 1 aliphatic heterocycles. The van der Waals surface area contributed by atoms with Gasteiger partial charge >= 0.3 is 0 Å². The summed E-state index contributed by atoms with van der Waals surface area (Å²) in [5.41, 5.74) is 3.70. The summed E-state index contributed by atoms with van der Waals surface area (Å²) in [6.07, 6.45) is 0.367. The zero-order valence-electron chi connectivity index (χ0n) is 16.3. The van der Waals surface area contributed by atoms with E-state index in [9.17, 15) is 4.79 Å². The van der Waals surface area contributed by atoms with Gasteiger partial charge in [0.2, 0.25) is 5.91 Å². The SMILES string of the molecule is CC(C)c1ccc(N2CC(c3noc(-c4n[nH]c5ccccc45)n3)CC2=O)cc1. The summed E-state index contributed by atoms with van der Waals surface area (Å²) in [5.74, 6) is 1.34. The molecule has 1 amide bonds. The van der Waals surface area contributed by atoms with E-state index in [0.717, 1.165) is 16.6 Å². The third kappa shape index (κ3) is 3.08. The van der Waals surface area contributed by atoms with Gasteiger partial charge in [-0.1, -0.05) is 49.3 Å². The maximum Gasteiger partial charge on any atom is 0.279 e. The highest BCUT2D eigenvalue weighted by molar-refractivity contribution is 5.96. The third-order valence-corrected chi connectivity index (χ3v) is 5.48. The molecule has 0 spiro atoms. The van der Waals surface area contributed by atoms with Crippen LogP contribution in [-0.2, 0) is 4.79 Å². The molecule has 5 rings (SSSR count). The van der Waals surface area contributed by atoms with E-state index in [2.05, 4.69) is 46.3 Å². The van der Waals surface area contributed by atoms with Crippen LogP contribution in [0, 0.1) is 0 Å². The van der Waals surface area contributed by atoms with Gasteiger partial charge in [0.25, 0.3) is 5.89 Å². The van der Waals surface area contributed by atoms with Crippen molar-refractivity contribution in [3.05, 3.63) is 59.9 Å². The minimum Gasteiger partial charge on any atom is -0.332 e. The van der Waals surface area contributed by atoms with Crippen molar-refractivity contribution in [3.8, 4) is 11.6 Å². The third-order valence-electron chi connectivity index (χ3n) is 5.48. The number of carbonyl (C=O) groups is 1. The molecule has 2 aromatic carbocycles. The number of nitrogens with zero attached hydrogens (tertiary/aromatic N) is 4. The van der Waals surface area contributed by atoms with Gasteiger partial charge < -0.3 is 9.42 Å². The Morgan fingerprint density at radius 1 is 1.14 bits per heavy atom. The number of benzene rings is 2. The van der Waals surface area contributed by atoms with E-state index in [1.165, 1.54) is 5.56 Å². The summed E-state index contributed by atoms with van der Waals surface area (Å²) in [6, 6.07) is 16.0. The smallest absolute Gasteiger partial charge is 0.279 e. The Kier molecular flexibility index (Phi) is 4.16. The molecule has 7 heteroatoms. The van der Waals surface area contributed by atoms with Crippen LogP contribution in [-0.4, -0.2) is 32.8 Å². The molecule has 29 heavy (non-hydrogen) atoms. The highest BCUT2D eigenvalue weighted by Gasteiger charge is 2.35. The molecule has 1 fully saturated rings. The van der Waals surface area contributed by atoms with Gasteiger partial charge in [0.1, 0.15) is 0 Å². The number of hydrogen-bond acceptors (Lipinski definition) is 5. The summed E-state index contributed by atoms with van der Waals surface area (Å²) in [6.45, 7) is 4.85. The van der Waals surface area contributed by atoms with E-state index in [0.29, 0.717) is 36.3 Å². The molecule has 0 saturated carbocycles. The Balaban J connectivity index is 1.38. The number of rotatable bonds is 4. The normalized spacial score (nSPS) is 17.0. The first-order valence-electron chi connectivity index (χ1n) is 9.77. The Morgan fingerprint density at radius 2 is 1.93 bits per heavy atom. The lowest BCUT2D eigenvalue weighted by atomic mass is 10.0. The van der Waals surface area contributed by atoms with Gasteiger partial charge in [-0.25, -0.2) is 0 Å². The van der Waals surface area contributed by atoms with Gasteiger partial charge in [-0.3, -0.25) is 9.89 Å². The molecule has 1 aliphatic rings. The Bertz CT molecular complexity index is 1180. The van der Waals surface area contributed by atoms with E-state index < -0.39 is 0 Å². The van der Waals surface area contributed by atoms with E-state index in [1.54, 1.807) is 4.90 Å². The van der Waals surface area contributed by atoms with Gasteiger partial charge in [-0.2, -0.15) is 10.1 Å². The molecule has 7 nitrogen and oxygen atoms in total. The molecule has 0 aliphatic carbocycles. The van der Waals surface area contributed by atoms with Gasteiger partial charge in [0.05, 0.1) is 5.52 Å². The number of carbonyl (C=O) groups excluding carboxylic acids is 1. The predicted octanol–water partition coefficient (Wildman–Crippen LogP) is 4.26. The van der Waals surface area contributed by atoms with Crippen LogP contribution in [0.5, 0.6) is 0 Å². The molecule has 1 unspecified atom stereocenters. The van der Waals surface area contributed by atoms with Crippen LogP contribution in [0.15, 0.2) is 53.1 Å². The fourth-order valence-electron chi connectivity index (χ4n) is 3.79. The molecular weight excluding hydrogens is 366 g/mol. The van der Waals surface area contributed by atoms with Crippen molar-refractivity contribution < 1.29 is 9.32 Å². The standard InChI is InChI=1S/C22H21N5O2/c1-13(2)14-7-9-16(10-8-14)27-12-15(11-19(27)28)21-23-22(29-26-21)20-17-5-3-4-6-18(17)24-25-20/h3-10,13,15H,11-12H2,1-2H3,(H,24,25). The Morgan fingerprint density at radius 3 is 2.72 bits per heavy atom. The second kappa shape index (κ2) is 6.84. The van der Waals surface area contributed by atoms with Gasteiger partial charge in [0.15, 0.2) is 11.5 Å². The topological polar surface area (TPSA) is 87.9 Å². The molecule has 3 heterocycles. The average molecular weight is 387 g/mol. The second-order valence-electron chi connectivity index (χ2n) is 7.73.